The fourth-order valence-corrected chi connectivity index (χ4v) is 9.16. The van der Waals surface area contributed by atoms with Gasteiger partial charge >= 0.3 is 0 Å². The Kier molecular flexibility index (Phi) is 9.82. The quantitative estimate of drug-likeness (QED) is 0.110. The van der Waals surface area contributed by atoms with Gasteiger partial charge in [0.15, 0.2) is 70.1 Å². The third-order valence-electron chi connectivity index (χ3n) is 12.1. The molecule has 6 aromatic carbocycles. The van der Waals surface area contributed by atoms with Crippen LogP contribution < -0.4 is 14.2 Å². The summed E-state index contributed by atoms with van der Waals surface area (Å²) in [6.07, 6.45) is -11.3. The number of aliphatic hydroxyl groups is 3. The normalized spacial score (nSPS) is 23.1. The first-order valence-corrected chi connectivity index (χ1v) is 19.7. The van der Waals surface area contributed by atoms with Gasteiger partial charge in [-0.1, -0.05) is 0 Å². The molecule has 3 aliphatic heterocycles. The van der Waals surface area contributed by atoms with Crippen molar-refractivity contribution in [3.05, 3.63) is 105 Å². The molecule has 0 bridgehead atoms. The first kappa shape index (κ1) is 42.9. The zero-order chi connectivity index (χ0) is 47.5. The molecule has 344 valence electrons. The second-order valence-electron chi connectivity index (χ2n) is 16.1. The van der Waals surface area contributed by atoms with Crippen LogP contribution in [0, 0.1) is 0 Å². The van der Waals surface area contributed by atoms with Gasteiger partial charge in [0.25, 0.3) is 0 Å². The molecule has 0 aliphatic carbocycles. The molecule has 0 amide bonds. The van der Waals surface area contributed by atoms with Crippen LogP contribution in [0.2, 0.25) is 0 Å². The zero-order valence-electron chi connectivity index (χ0n) is 33.4. The fourth-order valence-electron chi connectivity index (χ4n) is 9.16. The number of aliphatic hydroxyl groups excluding tert-OH is 3. The fraction of sp³-hybridized carbons (Fsp3) is 0.200. The van der Waals surface area contributed by atoms with Gasteiger partial charge in [0.2, 0.25) is 0 Å². The van der Waals surface area contributed by atoms with Crippen molar-refractivity contribution in [2.75, 3.05) is 0 Å². The van der Waals surface area contributed by atoms with Gasteiger partial charge in [0.05, 0.1) is 17.9 Å². The summed E-state index contributed by atoms with van der Waals surface area (Å²) in [6.45, 7) is 0. The molecule has 0 spiro atoms. The van der Waals surface area contributed by atoms with E-state index in [-0.39, 0.29) is 33.6 Å². The van der Waals surface area contributed by atoms with Crippen molar-refractivity contribution in [3.8, 4) is 103 Å². The molecule has 0 aromatic heterocycles. The highest BCUT2D eigenvalue weighted by Crippen LogP contribution is 2.62. The molecule has 0 fully saturated rings. The summed E-state index contributed by atoms with van der Waals surface area (Å²) in [4.78, 5) is 0. The lowest BCUT2D eigenvalue weighted by Gasteiger charge is -2.43. The number of aromatic hydroxyl groups is 15. The van der Waals surface area contributed by atoms with Gasteiger partial charge in [-0.25, -0.2) is 0 Å². The molecule has 6 aromatic rings. The Hall–Kier alpha value is -8.40. The molecule has 0 unspecified atom stereocenters. The third-order valence-corrected chi connectivity index (χ3v) is 12.1. The van der Waals surface area contributed by atoms with E-state index in [2.05, 4.69) is 0 Å². The van der Waals surface area contributed by atoms with Crippen LogP contribution in [0.1, 0.15) is 74.7 Å². The van der Waals surface area contributed by atoms with Crippen molar-refractivity contribution >= 4 is 0 Å². The van der Waals surface area contributed by atoms with Crippen molar-refractivity contribution in [3.63, 3.8) is 0 Å². The highest BCUT2D eigenvalue weighted by molar-refractivity contribution is 5.71. The van der Waals surface area contributed by atoms with Crippen LogP contribution >= 0.6 is 0 Å². The second kappa shape index (κ2) is 15.1. The van der Waals surface area contributed by atoms with Gasteiger partial charge in [-0.2, -0.15) is 0 Å². The lowest BCUT2D eigenvalue weighted by molar-refractivity contribution is -0.00571. The predicted octanol–water partition coefficient (Wildman–Crippen LogP) is 3.56. The maximum Gasteiger partial charge on any atom is 0.200 e. The number of hydrogen-bond donors (Lipinski definition) is 18. The molecule has 0 saturated carbocycles. The number of fused-ring (bicyclic) bond motifs is 3. The van der Waals surface area contributed by atoms with E-state index in [1.54, 1.807) is 0 Å². The lowest BCUT2D eigenvalue weighted by atomic mass is 9.73. The Morgan fingerprint density at radius 3 is 1.18 bits per heavy atom. The first-order chi connectivity index (χ1) is 31.2. The summed E-state index contributed by atoms with van der Waals surface area (Å²) < 4.78 is 18.6. The van der Waals surface area contributed by atoms with E-state index < -0.39 is 169 Å². The third kappa shape index (κ3) is 6.51. The SMILES string of the molecule is Oc1cc(O)c2c(c1)O[C@H](c1cc(O)c(O)c(O)c1)[C@@H](O)[C@H]2c1c(O)cc(O)c2c1O[C@H](c1cc(O)c(O)c(O)c1)[C@@H](O)[C@@H]2c1c(O)cc(O)c2c1O[C@H](c1cc(O)c(O)c(O)c1)[C@@H](O)C2. The molecule has 21 nitrogen and oxygen atoms in total. The topological polar surface area (TPSA) is 392 Å². The van der Waals surface area contributed by atoms with E-state index in [0.717, 1.165) is 60.7 Å². The lowest BCUT2D eigenvalue weighted by Crippen LogP contribution is -2.39. The molecular weight excluding hydrogens is 876 g/mol. The largest absolute Gasteiger partial charge is 0.508 e. The summed E-state index contributed by atoms with van der Waals surface area (Å²) in [7, 11) is 0. The second-order valence-corrected chi connectivity index (χ2v) is 16.1. The smallest absolute Gasteiger partial charge is 0.200 e. The van der Waals surface area contributed by atoms with Crippen molar-refractivity contribution in [1.82, 2.24) is 0 Å². The Bertz CT molecular complexity index is 2940. The van der Waals surface area contributed by atoms with E-state index in [4.69, 9.17) is 14.2 Å². The maximum absolute atomic E-state index is 12.5. The van der Waals surface area contributed by atoms with Gasteiger partial charge in [0, 0.05) is 75.2 Å². The summed E-state index contributed by atoms with van der Waals surface area (Å²) >= 11 is 0. The Balaban J connectivity index is 1.32. The standard InChI is InChI=1S/C45H38O21/c46-15-7-18(48)30-29(8-15)64-42(13-3-24(54)37(60)25(55)4-13)39(62)34(30)32-20(50)11-21(51)33-35(40(63)43(66-45(32)33)14-5-26(56)38(61)27(57)6-14)31-19(49)10-17(47)16-9-28(58)41(65-44(16)31)12-1-22(52)36(59)23(53)2-12/h1-8,10-11,28,34-35,39-43,46-63H,9H2/t28-,34+,35+,39-,40-,41+,42+,43+/m0/s1. The number of benzene rings is 6. The van der Waals surface area contributed by atoms with Crippen molar-refractivity contribution in [2.45, 2.75) is 54.9 Å². The number of rotatable bonds is 5. The summed E-state index contributed by atoms with van der Waals surface area (Å²) in [6, 6.07) is 8.95. The number of phenols is 15. The van der Waals surface area contributed by atoms with E-state index in [0.29, 0.717) is 0 Å². The number of phenolic OH excluding ortho intramolecular Hbond substituents is 15. The minimum atomic E-state index is -2.09. The van der Waals surface area contributed by atoms with Crippen LogP contribution in [0.4, 0.5) is 0 Å². The van der Waals surface area contributed by atoms with Crippen molar-refractivity contribution < 1.29 is 106 Å². The molecule has 8 atom stereocenters. The van der Waals surface area contributed by atoms with Crippen molar-refractivity contribution in [1.29, 1.82) is 0 Å². The molecule has 0 radical (unpaired) electrons. The molecule has 0 saturated heterocycles. The van der Waals surface area contributed by atoms with E-state index in [9.17, 15) is 91.9 Å². The Labute approximate surface area is 369 Å². The number of hydrogen-bond acceptors (Lipinski definition) is 21. The van der Waals surface area contributed by atoms with E-state index >= 15 is 0 Å². The van der Waals surface area contributed by atoms with Crippen LogP contribution in [0.5, 0.6) is 103 Å². The zero-order valence-corrected chi connectivity index (χ0v) is 33.4. The monoisotopic (exact) mass is 914 g/mol. The van der Waals surface area contributed by atoms with Gasteiger partial charge in [-0.05, 0) is 36.4 Å². The average molecular weight is 915 g/mol. The highest BCUT2D eigenvalue weighted by atomic mass is 16.5. The summed E-state index contributed by atoms with van der Waals surface area (Å²) in [5, 5.41) is 198. The average Bonchev–Trinajstić information content (AvgIpc) is 3.24. The highest BCUT2D eigenvalue weighted by Gasteiger charge is 2.51. The minimum absolute atomic E-state index is 0.131. The molecule has 9 rings (SSSR count). The van der Waals surface area contributed by atoms with Gasteiger partial charge < -0.3 is 106 Å². The molecule has 21 heteroatoms. The van der Waals surface area contributed by atoms with Crippen LogP contribution in [-0.2, 0) is 6.42 Å². The first-order valence-electron chi connectivity index (χ1n) is 19.7. The number of ether oxygens (including phenoxy) is 3. The maximum atomic E-state index is 12.5. The molecular formula is C45H38O21. The van der Waals surface area contributed by atoms with Gasteiger partial charge in [-0.3, -0.25) is 0 Å². The van der Waals surface area contributed by atoms with Crippen LogP contribution in [-0.4, -0.2) is 110 Å². The molecule has 3 heterocycles. The van der Waals surface area contributed by atoms with Gasteiger partial charge in [0.1, 0.15) is 64.0 Å². The van der Waals surface area contributed by atoms with Crippen molar-refractivity contribution in [2.24, 2.45) is 0 Å². The Morgan fingerprint density at radius 1 is 0.348 bits per heavy atom. The van der Waals surface area contributed by atoms with E-state index in [1.807, 2.05) is 0 Å². The van der Waals surface area contributed by atoms with E-state index in [1.165, 1.54) is 0 Å². The van der Waals surface area contributed by atoms with Crippen LogP contribution in [0.25, 0.3) is 0 Å². The van der Waals surface area contributed by atoms with Gasteiger partial charge in [-0.15, -0.1) is 0 Å². The van der Waals surface area contributed by atoms with Crippen LogP contribution in [0.3, 0.4) is 0 Å². The Morgan fingerprint density at radius 2 is 0.712 bits per heavy atom. The minimum Gasteiger partial charge on any atom is -0.508 e. The van der Waals surface area contributed by atoms with Crippen LogP contribution in [0.15, 0.2) is 60.7 Å². The molecule has 3 aliphatic rings. The molecule has 66 heavy (non-hydrogen) atoms. The summed E-state index contributed by atoms with van der Waals surface area (Å²) in [5.74, 6) is -17.6. The summed E-state index contributed by atoms with van der Waals surface area (Å²) in [5.41, 5.74) is -2.62. The molecule has 18 N–H and O–H groups in total. The predicted molar refractivity (Wildman–Crippen MR) is 219 cm³/mol.